The second-order valence-electron chi connectivity index (χ2n) is 5.12. The predicted octanol–water partition coefficient (Wildman–Crippen LogP) is 4.66. The summed E-state index contributed by atoms with van der Waals surface area (Å²) in [5.41, 5.74) is 7.39. The Balaban J connectivity index is 2.05. The molecule has 0 fully saturated rings. The lowest BCUT2D eigenvalue weighted by Crippen LogP contribution is -1.90. The summed E-state index contributed by atoms with van der Waals surface area (Å²) in [4.78, 5) is 0. The van der Waals surface area contributed by atoms with E-state index in [0.29, 0.717) is 5.69 Å². The van der Waals surface area contributed by atoms with E-state index < -0.39 is 0 Å². The van der Waals surface area contributed by atoms with Crippen molar-refractivity contribution in [2.24, 2.45) is 0 Å². The fourth-order valence-corrected chi connectivity index (χ4v) is 2.22. The van der Waals surface area contributed by atoms with Crippen molar-refractivity contribution in [2.75, 3.05) is 5.73 Å². The Kier molecular flexibility index (Phi) is 7.31. The van der Waals surface area contributed by atoms with Crippen molar-refractivity contribution in [3.8, 4) is 5.75 Å². The zero-order chi connectivity index (χ0) is 13.2. The summed E-state index contributed by atoms with van der Waals surface area (Å²) in [6.07, 6.45) is 11.8. The first-order chi connectivity index (χ1) is 8.74. The van der Waals surface area contributed by atoms with Crippen LogP contribution in [0.15, 0.2) is 18.2 Å². The van der Waals surface area contributed by atoms with Crippen LogP contribution in [0.3, 0.4) is 0 Å². The minimum Gasteiger partial charge on any atom is -0.506 e. The van der Waals surface area contributed by atoms with Crippen LogP contribution in [-0.2, 0) is 6.42 Å². The van der Waals surface area contributed by atoms with Crippen molar-refractivity contribution in [3.63, 3.8) is 0 Å². The number of phenols is 1. The number of anilines is 1. The van der Waals surface area contributed by atoms with Gasteiger partial charge in [0.1, 0.15) is 5.75 Å². The van der Waals surface area contributed by atoms with Gasteiger partial charge in [-0.05, 0) is 30.5 Å². The molecule has 102 valence electrons. The van der Waals surface area contributed by atoms with Crippen LogP contribution in [0.1, 0.15) is 63.9 Å². The quantitative estimate of drug-likeness (QED) is 0.380. The van der Waals surface area contributed by atoms with E-state index in [2.05, 4.69) is 6.92 Å². The summed E-state index contributed by atoms with van der Waals surface area (Å²) < 4.78 is 0. The summed E-state index contributed by atoms with van der Waals surface area (Å²) >= 11 is 0. The van der Waals surface area contributed by atoms with Gasteiger partial charge < -0.3 is 10.8 Å². The summed E-state index contributed by atoms with van der Waals surface area (Å²) in [7, 11) is 0. The first kappa shape index (κ1) is 14.9. The van der Waals surface area contributed by atoms with Crippen molar-refractivity contribution < 1.29 is 5.11 Å². The molecule has 2 heteroatoms. The van der Waals surface area contributed by atoms with E-state index in [4.69, 9.17) is 5.73 Å². The Morgan fingerprint density at radius 3 is 2.17 bits per heavy atom. The van der Waals surface area contributed by atoms with E-state index in [0.717, 1.165) is 6.42 Å². The minimum atomic E-state index is 0.190. The Morgan fingerprint density at radius 1 is 0.944 bits per heavy atom. The molecular formula is C16H27NO. The molecule has 1 aromatic rings. The molecule has 0 saturated heterocycles. The maximum atomic E-state index is 9.33. The van der Waals surface area contributed by atoms with Gasteiger partial charge in [0.05, 0.1) is 5.69 Å². The first-order valence-corrected chi connectivity index (χ1v) is 7.31. The van der Waals surface area contributed by atoms with Crippen LogP contribution < -0.4 is 5.73 Å². The zero-order valence-electron chi connectivity index (χ0n) is 11.6. The lowest BCUT2D eigenvalue weighted by atomic mass is 10.0. The average molecular weight is 249 g/mol. The van der Waals surface area contributed by atoms with Crippen LogP contribution in [0.25, 0.3) is 0 Å². The molecule has 0 unspecified atom stereocenters. The van der Waals surface area contributed by atoms with Gasteiger partial charge in [0.25, 0.3) is 0 Å². The highest BCUT2D eigenvalue weighted by atomic mass is 16.3. The van der Waals surface area contributed by atoms with Crippen molar-refractivity contribution in [1.29, 1.82) is 0 Å². The molecule has 1 rings (SSSR count). The number of benzene rings is 1. The molecule has 0 aliphatic heterocycles. The number of aryl methyl sites for hydroxylation is 1. The van der Waals surface area contributed by atoms with Crippen molar-refractivity contribution >= 4 is 5.69 Å². The number of nitrogen functional groups attached to an aromatic ring is 1. The predicted molar refractivity (Wildman–Crippen MR) is 78.8 cm³/mol. The SMILES string of the molecule is CCCCCCCCCCc1ccc(O)c(N)c1. The lowest BCUT2D eigenvalue weighted by Gasteiger charge is -2.04. The number of phenolic OH excluding ortho intramolecular Hbond substituents is 1. The van der Waals surface area contributed by atoms with E-state index >= 15 is 0 Å². The summed E-state index contributed by atoms with van der Waals surface area (Å²) in [6.45, 7) is 2.25. The maximum absolute atomic E-state index is 9.33. The number of nitrogens with two attached hydrogens (primary N) is 1. The van der Waals surface area contributed by atoms with Crippen LogP contribution in [0, 0.1) is 0 Å². The molecule has 0 radical (unpaired) electrons. The van der Waals surface area contributed by atoms with Crippen molar-refractivity contribution in [2.45, 2.75) is 64.7 Å². The van der Waals surface area contributed by atoms with Crippen molar-refractivity contribution in [3.05, 3.63) is 23.8 Å². The molecule has 0 bridgehead atoms. The fraction of sp³-hybridized carbons (Fsp3) is 0.625. The topological polar surface area (TPSA) is 46.2 Å². The third-order valence-corrected chi connectivity index (χ3v) is 3.41. The Hall–Kier alpha value is -1.18. The second-order valence-corrected chi connectivity index (χ2v) is 5.12. The molecule has 0 heterocycles. The van der Waals surface area contributed by atoms with E-state index in [9.17, 15) is 5.11 Å². The van der Waals surface area contributed by atoms with Crippen LogP contribution in [0.2, 0.25) is 0 Å². The van der Waals surface area contributed by atoms with Gasteiger partial charge in [-0.15, -0.1) is 0 Å². The molecule has 0 aromatic heterocycles. The highest BCUT2D eigenvalue weighted by Gasteiger charge is 1.99. The molecule has 0 saturated carbocycles. The van der Waals surface area contributed by atoms with Gasteiger partial charge in [-0.1, -0.05) is 57.9 Å². The highest BCUT2D eigenvalue weighted by Crippen LogP contribution is 2.21. The van der Waals surface area contributed by atoms with E-state index in [-0.39, 0.29) is 5.75 Å². The van der Waals surface area contributed by atoms with E-state index in [1.165, 1.54) is 56.9 Å². The van der Waals surface area contributed by atoms with Gasteiger partial charge >= 0.3 is 0 Å². The van der Waals surface area contributed by atoms with Gasteiger partial charge in [-0.2, -0.15) is 0 Å². The molecule has 0 aliphatic carbocycles. The van der Waals surface area contributed by atoms with Gasteiger partial charge in [-0.25, -0.2) is 0 Å². The van der Waals surface area contributed by atoms with Gasteiger partial charge in [0.15, 0.2) is 0 Å². The Morgan fingerprint density at radius 2 is 1.56 bits per heavy atom. The monoisotopic (exact) mass is 249 g/mol. The van der Waals surface area contributed by atoms with E-state index in [1.54, 1.807) is 6.07 Å². The largest absolute Gasteiger partial charge is 0.506 e. The second kappa shape index (κ2) is 8.84. The van der Waals surface area contributed by atoms with Gasteiger partial charge in [0, 0.05) is 0 Å². The minimum absolute atomic E-state index is 0.190. The molecule has 18 heavy (non-hydrogen) atoms. The number of rotatable bonds is 9. The smallest absolute Gasteiger partial charge is 0.138 e. The molecule has 2 nitrogen and oxygen atoms in total. The van der Waals surface area contributed by atoms with Crippen LogP contribution in [-0.4, -0.2) is 5.11 Å². The van der Waals surface area contributed by atoms with Crippen LogP contribution in [0.5, 0.6) is 5.75 Å². The standard InChI is InChI=1S/C16H27NO/c1-2-3-4-5-6-7-8-9-10-14-11-12-16(18)15(17)13-14/h11-13,18H,2-10,17H2,1H3. The average Bonchev–Trinajstić information content (AvgIpc) is 2.37. The third-order valence-electron chi connectivity index (χ3n) is 3.41. The Labute approximate surface area is 111 Å². The molecule has 0 spiro atoms. The number of unbranched alkanes of at least 4 members (excludes halogenated alkanes) is 7. The van der Waals surface area contributed by atoms with Gasteiger partial charge in [0.2, 0.25) is 0 Å². The lowest BCUT2D eigenvalue weighted by molar-refractivity contribution is 0.477. The third kappa shape index (κ3) is 5.95. The zero-order valence-corrected chi connectivity index (χ0v) is 11.6. The molecule has 3 N–H and O–H groups in total. The summed E-state index contributed by atoms with van der Waals surface area (Å²) in [5, 5.41) is 9.33. The first-order valence-electron chi connectivity index (χ1n) is 7.31. The molecule has 0 amide bonds. The molecule has 1 aromatic carbocycles. The summed E-state index contributed by atoms with van der Waals surface area (Å²) in [6, 6.07) is 5.54. The van der Waals surface area contributed by atoms with Gasteiger partial charge in [-0.3, -0.25) is 0 Å². The van der Waals surface area contributed by atoms with E-state index in [1.807, 2.05) is 12.1 Å². The maximum Gasteiger partial charge on any atom is 0.138 e. The number of aromatic hydroxyl groups is 1. The van der Waals surface area contributed by atoms with Crippen LogP contribution in [0.4, 0.5) is 5.69 Å². The summed E-state index contributed by atoms with van der Waals surface area (Å²) in [5.74, 6) is 0.190. The fourth-order valence-electron chi connectivity index (χ4n) is 2.22. The van der Waals surface area contributed by atoms with Crippen LogP contribution >= 0.6 is 0 Å². The molecule has 0 atom stereocenters. The number of hydrogen-bond acceptors (Lipinski definition) is 2. The highest BCUT2D eigenvalue weighted by molar-refractivity contribution is 5.53. The molecule has 0 aliphatic rings. The molecular weight excluding hydrogens is 222 g/mol. The normalized spacial score (nSPS) is 10.7. The van der Waals surface area contributed by atoms with Crippen molar-refractivity contribution in [1.82, 2.24) is 0 Å². The number of hydrogen-bond donors (Lipinski definition) is 2. The Bertz CT molecular complexity index is 336.